The van der Waals surface area contributed by atoms with Gasteiger partial charge in [-0.25, -0.2) is 0 Å². The molecule has 2 aromatic rings. The first-order valence-electron chi connectivity index (χ1n) is 9.74. The van der Waals surface area contributed by atoms with Gasteiger partial charge in [0.2, 0.25) is 0 Å². The molecule has 146 valence electrons. The molecule has 0 N–H and O–H groups in total. The van der Waals surface area contributed by atoms with E-state index in [-0.39, 0.29) is 0 Å². The van der Waals surface area contributed by atoms with E-state index in [9.17, 15) is 0 Å². The molecule has 1 fully saturated rings. The first-order chi connectivity index (χ1) is 13.3. The van der Waals surface area contributed by atoms with Crippen LogP contribution in [0.25, 0.3) is 0 Å². The maximum atomic E-state index is 5.75. The molecule has 5 heteroatoms. The van der Waals surface area contributed by atoms with Crippen LogP contribution in [0.2, 0.25) is 0 Å². The lowest BCUT2D eigenvalue weighted by molar-refractivity contribution is 0.144. The summed E-state index contributed by atoms with van der Waals surface area (Å²) in [6, 6.07) is 11.0. The fourth-order valence-corrected chi connectivity index (χ4v) is 3.72. The average Bonchev–Trinajstić information content (AvgIpc) is 2.95. The van der Waals surface area contributed by atoms with E-state index >= 15 is 0 Å². The van der Waals surface area contributed by atoms with Crippen molar-refractivity contribution in [3.8, 4) is 11.5 Å². The molecule has 0 amide bonds. The highest BCUT2D eigenvalue weighted by Gasteiger charge is 2.23. The van der Waals surface area contributed by atoms with Crippen LogP contribution >= 0.6 is 0 Å². The van der Waals surface area contributed by atoms with Crippen molar-refractivity contribution >= 4 is 0 Å². The molecule has 2 heterocycles. The van der Waals surface area contributed by atoms with Crippen molar-refractivity contribution in [2.24, 2.45) is 0 Å². The Hall–Kier alpha value is -2.11. The van der Waals surface area contributed by atoms with Crippen molar-refractivity contribution in [2.75, 3.05) is 34.0 Å². The maximum Gasteiger partial charge on any atom is 0.161 e. The second-order valence-corrected chi connectivity index (χ2v) is 6.94. The van der Waals surface area contributed by atoms with Crippen molar-refractivity contribution in [3.05, 3.63) is 53.9 Å². The van der Waals surface area contributed by atoms with E-state index in [0.29, 0.717) is 19.3 Å². The lowest BCUT2D eigenvalue weighted by Gasteiger charge is -2.30. The van der Waals surface area contributed by atoms with Crippen LogP contribution in [0.5, 0.6) is 11.5 Å². The number of nitrogens with zero attached hydrogens (tertiary/aromatic N) is 2. The molecule has 5 nitrogen and oxygen atoms in total. The molecule has 27 heavy (non-hydrogen) atoms. The highest BCUT2D eigenvalue weighted by molar-refractivity contribution is 5.43. The summed E-state index contributed by atoms with van der Waals surface area (Å²) >= 11 is 0. The lowest BCUT2D eigenvalue weighted by Crippen LogP contribution is -2.28. The zero-order valence-corrected chi connectivity index (χ0v) is 16.4. The smallest absolute Gasteiger partial charge is 0.161 e. The first kappa shape index (κ1) is 19.6. The molecule has 1 aliphatic heterocycles. The molecule has 1 aromatic heterocycles. The highest BCUT2D eigenvalue weighted by atomic mass is 16.5. The Bertz CT molecular complexity index is 693. The van der Waals surface area contributed by atoms with Gasteiger partial charge >= 0.3 is 0 Å². The van der Waals surface area contributed by atoms with Crippen LogP contribution < -0.4 is 9.47 Å². The third kappa shape index (κ3) is 5.44. The van der Waals surface area contributed by atoms with Gasteiger partial charge in [0.05, 0.1) is 13.7 Å². The average molecular weight is 370 g/mol. The Labute approximate surface area is 162 Å². The summed E-state index contributed by atoms with van der Waals surface area (Å²) in [6.07, 6.45) is 8.81. The summed E-state index contributed by atoms with van der Waals surface area (Å²) in [5.74, 6) is 1.54. The Balaban J connectivity index is 1.75. The minimum absolute atomic E-state index is 0.444. The molecule has 0 aliphatic carbocycles. The largest absolute Gasteiger partial charge is 0.493 e. The topological polar surface area (TPSA) is 43.8 Å². The van der Waals surface area contributed by atoms with E-state index in [1.54, 1.807) is 14.2 Å². The van der Waals surface area contributed by atoms with Crippen LogP contribution in [-0.4, -0.2) is 43.9 Å². The number of rotatable bonds is 8. The van der Waals surface area contributed by atoms with Crippen LogP contribution in [0, 0.1) is 0 Å². The maximum absolute atomic E-state index is 5.75. The molecule has 1 atom stereocenters. The highest BCUT2D eigenvalue weighted by Crippen LogP contribution is 2.33. The summed E-state index contributed by atoms with van der Waals surface area (Å²) < 4.78 is 16.4. The van der Waals surface area contributed by atoms with Gasteiger partial charge in [-0.2, -0.15) is 0 Å². The fourth-order valence-electron chi connectivity index (χ4n) is 3.72. The molecule has 0 spiro atoms. The summed E-state index contributed by atoms with van der Waals surface area (Å²) in [5.41, 5.74) is 2.60. The van der Waals surface area contributed by atoms with Gasteiger partial charge in [0.15, 0.2) is 11.5 Å². The van der Waals surface area contributed by atoms with Crippen LogP contribution in [0.4, 0.5) is 0 Å². The van der Waals surface area contributed by atoms with Gasteiger partial charge in [0, 0.05) is 32.1 Å². The third-order valence-electron chi connectivity index (χ3n) is 5.11. The molecular formula is C22H30N2O3. The Morgan fingerprint density at radius 2 is 1.85 bits per heavy atom. The summed E-state index contributed by atoms with van der Waals surface area (Å²) in [5, 5.41) is 0. The normalized spacial score (nSPS) is 18.1. The zero-order valence-electron chi connectivity index (χ0n) is 16.4. The number of ether oxygens (including phenoxy) is 3. The van der Waals surface area contributed by atoms with E-state index in [4.69, 9.17) is 14.2 Å². The number of methoxy groups -OCH3 is 2. The van der Waals surface area contributed by atoms with Crippen LogP contribution in [-0.2, 0) is 11.3 Å². The molecule has 0 saturated carbocycles. The number of hydrogen-bond acceptors (Lipinski definition) is 5. The van der Waals surface area contributed by atoms with E-state index < -0.39 is 0 Å². The summed E-state index contributed by atoms with van der Waals surface area (Å²) in [7, 11) is 3.36. The van der Waals surface area contributed by atoms with Crippen molar-refractivity contribution in [1.29, 1.82) is 0 Å². The molecular weight excluding hydrogens is 340 g/mol. The monoisotopic (exact) mass is 370 g/mol. The van der Waals surface area contributed by atoms with Crippen molar-refractivity contribution in [3.63, 3.8) is 0 Å². The van der Waals surface area contributed by atoms with Gasteiger partial charge in [-0.05, 0) is 54.8 Å². The van der Waals surface area contributed by atoms with Crippen LogP contribution in [0.15, 0.2) is 42.7 Å². The predicted molar refractivity (Wildman–Crippen MR) is 106 cm³/mol. The number of likely N-dealkylation sites (tertiary alicyclic amines) is 1. The molecule has 0 radical (unpaired) electrons. The number of pyridine rings is 1. The number of hydrogen-bond donors (Lipinski definition) is 0. The third-order valence-corrected chi connectivity index (χ3v) is 5.11. The number of benzene rings is 1. The van der Waals surface area contributed by atoms with Crippen molar-refractivity contribution < 1.29 is 14.2 Å². The second kappa shape index (κ2) is 10.3. The SMILES string of the molecule is COCCOc1ccc(CN2CCCCC[C@@H]2c2ccncc2)cc1OC. The van der Waals surface area contributed by atoms with Gasteiger partial charge in [-0.15, -0.1) is 0 Å². The lowest BCUT2D eigenvalue weighted by atomic mass is 10.0. The molecule has 0 bridgehead atoms. The molecule has 1 aliphatic rings. The predicted octanol–water partition coefficient (Wildman–Crippen LogP) is 4.23. The van der Waals surface area contributed by atoms with E-state index in [2.05, 4.69) is 34.1 Å². The minimum Gasteiger partial charge on any atom is -0.493 e. The van der Waals surface area contributed by atoms with E-state index in [0.717, 1.165) is 24.6 Å². The van der Waals surface area contributed by atoms with Gasteiger partial charge in [-0.3, -0.25) is 9.88 Å². The molecule has 1 saturated heterocycles. The second-order valence-electron chi connectivity index (χ2n) is 6.94. The minimum atomic E-state index is 0.444. The standard InChI is InChI=1S/C22H30N2O3/c1-25-14-15-27-21-8-7-18(16-22(21)26-2)17-24-13-5-3-4-6-20(24)19-9-11-23-12-10-19/h7-12,16,20H,3-6,13-15,17H2,1-2H3/t20-/m1/s1. The fraction of sp³-hybridized carbons (Fsp3) is 0.500. The van der Waals surface area contributed by atoms with E-state index in [1.807, 2.05) is 18.5 Å². The van der Waals surface area contributed by atoms with Crippen molar-refractivity contribution in [2.45, 2.75) is 38.3 Å². The van der Waals surface area contributed by atoms with Gasteiger partial charge in [-0.1, -0.05) is 18.9 Å². The van der Waals surface area contributed by atoms with E-state index in [1.165, 1.54) is 36.8 Å². The molecule has 0 unspecified atom stereocenters. The Kier molecular flexibility index (Phi) is 7.48. The number of aromatic nitrogens is 1. The summed E-state index contributed by atoms with van der Waals surface area (Å²) in [4.78, 5) is 6.76. The Morgan fingerprint density at radius 1 is 1.00 bits per heavy atom. The van der Waals surface area contributed by atoms with Crippen molar-refractivity contribution in [1.82, 2.24) is 9.88 Å². The quantitative estimate of drug-likeness (QED) is 0.651. The Morgan fingerprint density at radius 3 is 2.63 bits per heavy atom. The first-order valence-corrected chi connectivity index (χ1v) is 9.74. The van der Waals surface area contributed by atoms with Crippen LogP contribution in [0.1, 0.15) is 42.9 Å². The summed E-state index contributed by atoms with van der Waals surface area (Å²) in [6.45, 7) is 3.10. The van der Waals surface area contributed by atoms with Crippen LogP contribution in [0.3, 0.4) is 0 Å². The molecule has 3 rings (SSSR count). The molecule has 1 aromatic carbocycles. The van der Waals surface area contributed by atoms with Gasteiger partial charge in [0.1, 0.15) is 6.61 Å². The zero-order chi connectivity index (χ0) is 18.9. The van der Waals surface area contributed by atoms with Gasteiger partial charge < -0.3 is 14.2 Å². The van der Waals surface area contributed by atoms with Gasteiger partial charge in [0.25, 0.3) is 0 Å².